The standard InChI is InChI=1S/C17H24N2O2/c1-4-19-14-8-6-5-7-13(14)11-15(19)16(21)18-12-17(2,3)9-10-20/h5-8,11,20H,4,9-10,12H2,1-3H3,(H,18,21). The number of fused-ring (bicyclic) bond motifs is 1. The van der Waals surface area contributed by atoms with Gasteiger partial charge in [-0.1, -0.05) is 32.0 Å². The van der Waals surface area contributed by atoms with Crippen LogP contribution in [0.25, 0.3) is 10.9 Å². The number of nitrogens with one attached hydrogen (secondary N) is 1. The summed E-state index contributed by atoms with van der Waals surface area (Å²) < 4.78 is 2.03. The van der Waals surface area contributed by atoms with E-state index in [-0.39, 0.29) is 17.9 Å². The topological polar surface area (TPSA) is 54.3 Å². The normalized spacial score (nSPS) is 11.8. The first-order valence-electron chi connectivity index (χ1n) is 7.46. The first kappa shape index (κ1) is 15.6. The lowest BCUT2D eigenvalue weighted by Gasteiger charge is -2.24. The van der Waals surface area contributed by atoms with Crippen LogP contribution < -0.4 is 5.32 Å². The van der Waals surface area contributed by atoms with Crippen LogP contribution >= 0.6 is 0 Å². The summed E-state index contributed by atoms with van der Waals surface area (Å²) in [6.45, 7) is 7.57. The number of aliphatic hydroxyl groups is 1. The fourth-order valence-corrected chi connectivity index (χ4v) is 2.54. The number of aliphatic hydroxyl groups excluding tert-OH is 1. The summed E-state index contributed by atoms with van der Waals surface area (Å²) in [4.78, 5) is 12.5. The van der Waals surface area contributed by atoms with E-state index in [2.05, 4.69) is 5.32 Å². The first-order valence-corrected chi connectivity index (χ1v) is 7.46. The third kappa shape index (κ3) is 3.45. The van der Waals surface area contributed by atoms with Gasteiger partial charge < -0.3 is 15.0 Å². The van der Waals surface area contributed by atoms with Crippen LogP contribution in [0, 0.1) is 5.41 Å². The molecular formula is C17H24N2O2. The Labute approximate surface area is 125 Å². The van der Waals surface area contributed by atoms with Crippen molar-refractivity contribution >= 4 is 16.8 Å². The molecule has 0 aliphatic rings. The maximum absolute atomic E-state index is 12.5. The summed E-state index contributed by atoms with van der Waals surface area (Å²) in [5.41, 5.74) is 1.67. The number of carbonyl (C=O) groups excluding carboxylic acids is 1. The second kappa shape index (κ2) is 6.31. The van der Waals surface area contributed by atoms with Gasteiger partial charge in [-0.05, 0) is 30.9 Å². The number of hydrogen-bond donors (Lipinski definition) is 2. The van der Waals surface area contributed by atoms with Gasteiger partial charge in [0.2, 0.25) is 0 Å². The third-order valence-electron chi connectivity index (χ3n) is 3.88. The van der Waals surface area contributed by atoms with Crippen LogP contribution in [-0.4, -0.2) is 28.7 Å². The fourth-order valence-electron chi connectivity index (χ4n) is 2.54. The number of aromatic nitrogens is 1. The Balaban J connectivity index is 2.20. The van der Waals surface area contributed by atoms with Crippen LogP contribution in [0.2, 0.25) is 0 Å². The molecule has 1 amide bonds. The van der Waals surface area contributed by atoms with Crippen LogP contribution in [0.5, 0.6) is 0 Å². The lowest BCUT2D eigenvalue weighted by Crippen LogP contribution is -2.35. The Bertz CT molecular complexity index is 629. The molecule has 1 heterocycles. The number of para-hydroxylation sites is 1. The van der Waals surface area contributed by atoms with Gasteiger partial charge >= 0.3 is 0 Å². The van der Waals surface area contributed by atoms with Crippen LogP contribution in [0.1, 0.15) is 37.7 Å². The second-order valence-electron chi connectivity index (χ2n) is 6.15. The van der Waals surface area contributed by atoms with Gasteiger partial charge in [0.25, 0.3) is 5.91 Å². The Morgan fingerprint density at radius 3 is 2.71 bits per heavy atom. The van der Waals surface area contributed by atoms with Gasteiger partial charge in [0, 0.05) is 30.6 Å². The zero-order chi connectivity index (χ0) is 15.5. The average Bonchev–Trinajstić information content (AvgIpc) is 2.83. The Hall–Kier alpha value is -1.81. The van der Waals surface area contributed by atoms with E-state index in [0.29, 0.717) is 18.7 Å². The van der Waals surface area contributed by atoms with Gasteiger partial charge in [-0.3, -0.25) is 4.79 Å². The zero-order valence-corrected chi connectivity index (χ0v) is 13.0. The summed E-state index contributed by atoms with van der Waals surface area (Å²) in [7, 11) is 0. The van der Waals surface area contributed by atoms with E-state index in [9.17, 15) is 4.79 Å². The Morgan fingerprint density at radius 1 is 1.33 bits per heavy atom. The van der Waals surface area contributed by atoms with E-state index in [4.69, 9.17) is 5.11 Å². The molecule has 1 aromatic carbocycles. The van der Waals surface area contributed by atoms with Gasteiger partial charge in [0.05, 0.1) is 0 Å². The maximum Gasteiger partial charge on any atom is 0.267 e. The van der Waals surface area contributed by atoms with Crippen molar-refractivity contribution in [3.8, 4) is 0 Å². The molecule has 0 unspecified atom stereocenters. The molecule has 0 bridgehead atoms. The van der Waals surface area contributed by atoms with Crippen LogP contribution in [0.4, 0.5) is 0 Å². The first-order chi connectivity index (χ1) is 9.98. The molecule has 0 aliphatic carbocycles. The smallest absolute Gasteiger partial charge is 0.267 e. The molecule has 0 saturated carbocycles. The number of benzene rings is 1. The summed E-state index contributed by atoms with van der Waals surface area (Å²) in [5.74, 6) is -0.0564. The van der Waals surface area contributed by atoms with E-state index in [1.54, 1.807) is 0 Å². The molecule has 4 nitrogen and oxygen atoms in total. The molecule has 2 aromatic rings. The lowest BCUT2D eigenvalue weighted by molar-refractivity contribution is 0.0919. The quantitative estimate of drug-likeness (QED) is 0.859. The highest BCUT2D eigenvalue weighted by molar-refractivity contribution is 5.98. The summed E-state index contributed by atoms with van der Waals surface area (Å²) in [6.07, 6.45) is 0.671. The second-order valence-corrected chi connectivity index (χ2v) is 6.15. The molecule has 0 atom stereocenters. The van der Waals surface area contributed by atoms with Crippen LogP contribution in [0.15, 0.2) is 30.3 Å². The summed E-state index contributed by atoms with van der Waals surface area (Å²) >= 11 is 0. The van der Waals surface area contributed by atoms with E-state index in [1.165, 1.54) is 0 Å². The highest BCUT2D eigenvalue weighted by Crippen LogP contribution is 2.21. The van der Waals surface area contributed by atoms with Gasteiger partial charge in [0.15, 0.2) is 0 Å². The van der Waals surface area contributed by atoms with Crippen molar-refractivity contribution in [1.82, 2.24) is 9.88 Å². The van der Waals surface area contributed by atoms with Gasteiger partial charge in [-0.2, -0.15) is 0 Å². The number of carbonyl (C=O) groups is 1. The lowest BCUT2D eigenvalue weighted by atomic mass is 9.90. The highest BCUT2D eigenvalue weighted by atomic mass is 16.3. The van der Waals surface area contributed by atoms with E-state index >= 15 is 0 Å². The monoisotopic (exact) mass is 288 g/mol. The maximum atomic E-state index is 12.5. The number of nitrogens with zero attached hydrogens (tertiary/aromatic N) is 1. The van der Waals surface area contributed by atoms with Crippen molar-refractivity contribution in [2.75, 3.05) is 13.2 Å². The molecule has 4 heteroatoms. The minimum absolute atomic E-state index is 0.0564. The fraction of sp³-hybridized carbons (Fsp3) is 0.471. The van der Waals surface area contributed by atoms with Gasteiger partial charge in [0.1, 0.15) is 5.69 Å². The zero-order valence-electron chi connectivity index (χ0n) is 13.0. The van der Waals surface area contributed by atoms with Crippen molar-refractivity contribution in [2.24, 2.45) is 5.41 Å². The molecule has 114 valence electrons. The largest absolute Gasteiger partial charge is 0.396 e. The Morgan fingerprint density at radius 2 is 2.05 bits per heavy atom. The molecule has 21 heavy (non-hydrogen) atoms. The molecule has 2 N–H and O–H groups in total. The van der Waals surface area contributed by atoms with Gasteiger partial charge in [-0.25, -0.2) is 0 Å². The van der Waals surface area contributed by atoms with E-state index in [1.807, 2.05) is 55.7 Å². The van der Waals surface area contributed by atoms with Crippen molar-refractivity contribution in [1.29, 1.82) is 0 Å². The van der Waals surface area contributed by atoms with Crippen LogP contribution in [-0.2, 0) is 6.54 Å². The molecule has 2 rings (SSSR count). The molecular weight excluding hydrogens is 264 g/mol. The molecule has 0 spiro atoms. The van der Waals surface area contributed by atoms with Crippen molar-refractivity contribution < 1.29 is 9.90 Å². The molecule has 0 aliphatic heterocycles. The van der Waals surface area contributed by atoms with Crippen molar-refractivity contribution in [3.05, 3.63) is 36.0 Å². The number of aryl methyl sites for hydroxylation is 1. The number of hydrogen-bond acceptors (Lipinski definition) is 2. The summed E-state index contributed by atoms with van der Waals surface area (Å²) in [6, 6.07) is 9.96. The highest BCUT2D eigenvalue weighted by Gasteiger charge is 2.20. The Kier molecular flexibility index (Phi) is 4.68. The third-order valence-corrected chi connectivity index (χ3v) is 3.88. The SMILES string of the molecule is CCn1c(C(=O)NCC(C)(C)CCO)cc2ccccc21. The minimum atomic E-state index is -0.104. The minimum Gasteiger partial charge on any atom is -0.396 e. The average molecular weight is 288 g/mol. The van der Waals surface area contributed by atoms with E-state index < -0.39 is 0 Å². The van der Waals surface area contributed by atoms with Gasteiger partial charge in [-0.15, -0.1) is 0 Å². The van der Waals surface area contributed by atoms with Crippen molar-refractivity contribution in [3.63, 3.8) is 0 Å². The van der Waals surface area contributed by atoms with Crippen molar-refractivity contribution in [2.45, 2.75) is 33.7 Å². The van der Waals surface area contributed by atoms with Crippen LogP contribution in [0.3, 0.4) is 0 Å². The van der Waals surface area contributed by atoms with E-state index in [0.717, 1.165) is 17.4 Å². The molecule has 0 saturated heterocycles. The predicted molar refractivity (Wildman–Crippen MR) is 85.4 cm³/mol. The predicted octanol–water partition coefficient (Wildman–Crippen LogP) is 2.80. The number of amides is 1. The molecule has 0 radical (unpaired) electrons. The molecule has 0 fully saturated rings. The molecule has 1 aromatic heterocycles. The summed E-state index contributed by atoms with van der Waals surface area (Å²) in [5, 5.41) is 13.1. The number of rotatable bonds is 6.